The molecule has 2 rings (SSSR count). The predicted octanol–water partition coefficient (Wildman–Crippen LogP) is -0.340. The highest BCUT2D eigenvalue weighted by molar-refractivity contribution is 5.82. The molecule has 0 unspecified atom stereocenters. The number of anilines is 1. The molecule has 14 heavy (non-hydrogen) atoms. The summed E-state index contributed by atoms with van der Waals surface area (Å²) in [5.74, 6) is 0.183. The number of aryl methyl sites for hydroxylation is 1. The molecule has 2 aromatic rings. The monoisotopic (exact) mass is 195 g/mol. The lowest BCUT2D eigenvalue weighted by Crippen LogP contribution is -1.99. The molecule has 3 N–H and O–H groups in total. The van der Waals surface area contributed by atoms with E-state index in [0.717, 1.165) is 0 Å². The van der Waals surface area contributed by atoms with Crippen LogP contribution in [-0.2, 0) is 7.05 Å². The van der Waals surface area contributed by atoms with Crippen molar-refractivity contribution >= 4 is 17.0 Å². The Morgan fingerprint density at radius 3 is 2.71 bits per heavy atom. The van der Waals surface area contributed by atoms with E-state index < -0.39 is 0 Å². The zero-order valence-corrected chi connectivity index (χ0v) is 7.72. The number of nitrogens with two attached hydrogens (primary N) is 1. The average Bonchev–Trinajstić information content (AvgIpc) is 2.45. The second kappa shape index (κ2) is 2.72. The van der Waals surface area contributed by atoms with Gasteiger partial charge in [0.25, 0.3) is 6.01 Å². The Bertz CT molecular complexity index is 492. The topological polar surface area (TPSA) is 99.1 Å². The minimum Gasteiger partial charge on any atom is -0.480 e. The van der Waals surface area contributed by atoms with Gasteiger partial charge in [-0.15, -0.1) is 0 Å². The number of aromatic hydroxyl groups is 1. The zero-order chi connectivity index (χ0) is 10.3. The van der Waals surface area contributed by atoms with Crippen LogP contribution in [0.2, 0.25) is 0 Å². The van der Waals surface area contributed by atoms with Crippen LogP contribution in [0.5, 0.6) is 12.0 Å². The molecule has 7 nitrogen and oxygen atoms in total. The molecule has 0 saturated heterocycles. The normalized spacial score (nSPS) is 10.7. The number of nitrogen functional groups attached to an aromatic ring is 1. The van der Waals surface area contributed by atoms with E-state index in [1.165, 1.54) is 11.7 Å². The molecule has 0 atom stereocenters. The summed E-state index contributed by atoms with van der Waals surface area (Å²) < 4.78 is 6.24. The van der Waals surface area contributed by atoms with Gasteiger partial charge in [-0.1, -0.05) is 0 Å². The van der Waals surface area contributed by atoms with Crippen molar-refractivity contribution in [2.24, 2.45) is 7.05 Å². The van der Waals surface area contributed by atoms with Crippen LogP contribution >= 0.6 is 0 Å². The molecule has 2 heterocycles. The van der Waals surface area contributed by atoms with Crippen LogP contribution in [0.1, 0.15) is 0 Å². The SMILES string of the molecule is COc1nc(N)c2nc(O)n(C)c2n1. The Morgan fingerprint density at radius 1 is 1.36 bits per heavy atom. The van der Waals surface area contributed by atoms with Crippen LogP contribution in [0.4, 0.5) is 5.82 Å². The van der Waals surface area contributed by atoms with Crippen LogP contribution < -0.4 is 10.5 Å². The molecule has 0 aliphatic rings. The number of imidazole rings is 1. The third-order valence-electron chi connectivity index (χ3n) is 1.88. The fraction of sp³-hybridized carbons (Fsp3) is 0.286. The standard InChI is InChI=1S/C7H9N5O2/c1-12-5-3(9-7(12)13)4(8)10-6(11-5)14-2/h1-2H3,(H,9,13)(H2,8,10,11). The van der Waals surface area contributed by atoms with Crippen molar-refractivity contribution in [1.82, 2.24) is 19.5 Å². The van der Waals surface area contributed by atoms with Gasteiger partial charge in [-0.05, 0) is 0 Å². The minimum absolute atomic E-state index is 0.151. The van der Waals surface area contributed by atoms with Gasteiger partial charge in [0.1, 0.15) is 0 Å². The third-order valence-corrected chi connectivity index (χ3v) is 1.88. The van der Waals surface area contributed by atoms with Crippen LogP contribution in [0, 0.1) is 0 Å². The first-order valence-corrected chi connectivity index (χ1v) is 3.86. The van der Waals surface area contributed by atoms with E-state index in [1.54, 1.807) is 7.05 Å². The van der Waals surface area contributed by atoms with Crippen LogP contribution in [0.25, 0.3) is 11.2 Å². The number of methoxy groups -OCH3 is 1. The number of fused-ring (bicyclic) bond motifs is 1. The Kier molecular flexibility index (Phi) is 1.66. The van der Waals surface area contributed by atoms with Crippen molar-refractivity contribution in [2.45, 2.75) is 0 Å². The fourth-order valence-corrected chi connectivity index (χ4v) is 1.14. The molecule has 0 aromatic carbocycles. The van der Waals surface area contributed by atoms with Gasteiger partial charge in [-0.2, -0.15) is 15.0 Å². The summed E-state index contributed by atoms with van der Waals surface area (Å²) in [5, 5.41) is 9.32. The van der Waals surface area contributed by atoms with Gasteiger partial charge in [0.2, 0.25) is 0 Å². The molecule has 0 aliphatic heterocycles. The maximum Gasteiger partial charge on any atom is 0.320 e. The quantitative estimate of drug-likeness (QED) is 0.645. The lowest BCUT2D eigenvalue weighted by molar-refractivity contribution is 0.381. The predicted molar refractivity (Wildman–Crippen MR) is 48.9 cm³/mol. The fourth-order valence-electron chi connectivity index (χ4n) is 1.14. The first kappa shape index (κ1) is 8.54. The minimum atomic E-state index is -0.158. The first-order valence-electron chi connectivity index (χ1n) is 3.86. The maximum atomic E-state index is 9.32. The largest absolute Gasteiger partial charge is 0.480 e. The maximum absolute atomic E-state index is 9.32. The van der Waals surface area contributed by atoms with Crippen LogP contribution in [-0.4, -0.2) is 31.7 Å². The van der Waals surface area contributed by atoms with Crippen LogP contribution in [0.3, 0.4) is 0 Å². The molecule has 7 heteroatoms. The molecular formula is C7H9N5O2. The Hall–Kier alpha value is -2.05. The molecule has 0 fully saturated rings. The summed E-state index contributed by atoms with van der Waals surface area (Å²) >= 11 is 0. The Balaban J connectivity index is 2.83. The van der Waals surface area contributed by atoms with Gasteiger partial charge in [0.15, 0.2) is 17.0 Å². The highest BCUT2D eigenvalue weighted by Gasteiger charge is 2.13. The average molecular weight is 195 g/mol. The van der Waals surface area contributed by atoms with Gasteiger partial charge < -0.3 is 15.6 Å². The van der Waals surface area contributed by atoms with Crippen molar-refractivity contribution in [2.75, 3.05) is 12.8 Å². The van der Waals surface area contributed by atoms with Crippen LogP contribution in [0.15, 0.2) is 0 Å². The number of ether oxygens (including phenoxy) is 1. The van der Waals surface area contributed by atoms with Gasteiger partial charge in [-0.3, -0.25) is 4.57 Å². The van der Waals surface area contributed by atoms with Gasteiger partial charge >= 0.3 is 6.01 Å². The summed E-state index contributed by atoms with van der Waals surface area (Å²) in [7, 11) is 3.06. The molecular weight excluding hydrogens is 186 g/mol. The lowest BCUT2D eigenvalue weighted by Gasteiger charge is -1.99. The molecule has 0 radical (unpaired) electrons. The van der Waals surface area contributed by atoms with E-state index in [1.807, 2.05) is 0 Å². The molecule has 0 amide bonds. The highest BCUT2D eigenvalue weighted by Crippen LogP contribution is 2.22. The van der Waals surface area contributed by atoms with E-state index in [-0.39, 0.29) is 17.8 Å². The molecule has 0 saturated carbocycles. The molecule has 0 spiro atoms. The van der Waals surface area contributed by atoms with Crippen molar-refractivity contribution < 1.29 is 9.84 Å². The van der Waals surface area contributed by atoms with E-state index in [0.29, 0.717) is 11.2 Å². The summed E-state index contributed by atoms with van der Waals surface area (Å²) in [5.41, 5.74) is 6.40. The second-order valence-corrected chi connectivity index (χ2v) is 2.74. The molecule has 0 bridgehead atoms. The number of rotatable bonds is 1. The highest BCUT2D eigenvalue weighted by atomic mass is 16.5. The number of nitrogens with zero attached hydrogens (tertiary/aromatic N) is 4. The van der Waals surface area contributed by atoms with Gasteiger partial charge in [0, 0.05) is 7.05 Å². The van der Waals surface area contributed by atoms with E-state index >= 15 is 0 Å². The van der Waals surface area contributed by atoms with Crippen molar-refractivity contribution in [3.8, 4) is 12.0 Å². The molecule has 0 aliphatic carbocycles. The number of hydrogen-bond donors (Lipinski definition) is 2. The summed E-state index contributed by atoms with van der Waals surface area (Å²) in [6.45, 7) is 0. The first-order chi connectivity index (χ1) is 6.63. The molecule has 74 valence electrons. The Morgan fingerprint density at radius 2 is 2.07 bits per heavy atom. The van der Waals surface area contributed by atoms with Crippen molar-refractivity contribution in [3.63, 3.8) is 0 Å². The number of aromatic nitrogens is 4. The van der Waals surface area contributed by atoms with E-state index in [4.69, 9.17) is 10.5 Å². The summed E-state index contributed by atoms with van der Waals surface area (Å²) in [6, 6.07) is -0.00717. The van der Waals surface area contributed by atoms with Crippen molar-refractivity contribution in [1.29, 1.82) is 0 Å². The summed E-state index contributed by atoms with van der Waals surface area (Å²) in [6.07, 6.45) is 0. The third kappa shape index (κ3) is 1.02. The van der Waals surface area contributed by atoms with Crippen molar-refractivity contribution in [3.05, 3.63) is 0 Å². The van der Waals surface area contributed by atoms with E-state index in [9.17, 15) is 5.11 Å². The van der Waals surface area contributed by atoms with Gasteiger partial charge in [0.05, 0.1) is 7.11 Å². The lowest BCUT2D eigenvalue weighted by atomic mass is 10.5. The summed E-state index contributed by atoms with van der Waals surface area (Å²) in [4.78, 5) is 11.6. The smallest absolute Gasteiger partial charge is 0.320 e. The molecule has 2 aromatic heterocycles. The Labute approximate surface area is 79.2 Å². The second-order valence-electron chi connectivity index (χ2n) is 2.74. The number of hydrogen-bond acceptors (Lipinski definition) is 6. The van der Waals surface area contributed by atoms with E-state index in [2.05, 4.69) is 15.0 Å². The zero-order valence-electron chi connectivity index (χ0n) is 7.72. The van der Waals surface area contributed by atoms with Gasteiger partial charge in [-0.25, -0.2) is 0 Å².